The van der Waals surface area contributed by atoms with Crippen LogP contribution in [-0.4, -0.2) is 50.0 Å². The lowest BCUT2D eigenvalue weighted by atomic mass is 9.53. The second-order valence-electron chi connectivity index (χ2n) is 7.99. The Morgan fingerprint density at radius 2 is 1.83 bits per heavy atom. The van der Waals surface area contributed by atoms with Crippen LogP contribution < -0.4 is 5.73 Å². The highest BCUT2D eigenvalue weighted by molar-refractivity contribution is 6.31. The average molecular weight is 401 g/mol. The number of phenols is 1. The molecule has 0 aromatic heterocycles. The third kappa shape index (κ3) is 2.44. The number of aliphatic hydroxyl groups is 2. The molecule has 0 aliphatic heterocycles. The van der Waals surface area contributed by atoms with Crippen LogP contribution in [0.3, 0.4) is 0 Å². The third-order valence-electron chi connectivity index (χ3n) is 6.55. The first kappa shape index (κ1) is 19.4. The first-order valence-electron chi connectivity index (χ1n) is 9.24. The highest BCUT2D eigenvalue weighted by Crippen LogP contribution is 2.50. The van der Waals surface area contributed by atoms with Gasteiger partial charge in [-0.2, -0.15) is 0 Å². The first-order valence-corrected chi connectivity index (χ1v) is 9.24. The van der Waals surface area contributed by atoms with Crippen LogP contribution in [0, 0.1) is 23.7 Å². The Balaban J connectivity index is 1.82. The molecule has 1 amide bonds. The van der Waals surface area contributed by atoms with Crippen molar-refractivity contribution in [2.24, 2.45) is 29.4 Å². The van der Waals surface area contributed by atoms with Gasteiger partial charge < -0.3 is 21.1 Å². The zero-order valence-electron chi connectivity index (χ0n) is 15.3. The van der Waals surface area contributed by atoms with Gasteiger partial charge in [-0.05, 0) is 36.0 Å². The SMILES string of the molecule is NC(=O)C1C(=O)C[C@@H]2C[C@@H]3Cc4c(CO)ccc(O)c4C(=O)C3C(=O)[C@]2(O)C1=O. The fourth-order valence-corrected chi connectivity index (χ4v) is 5.18. The zero-order chi connectivity index (χ0) is 21.2. The minimum atomic E-state index is -2.65. The summed E-state index contributed by atoms with van der Waals surface area (Å²) in [5, 5.41) is 30.8. The largest absolute Gasteiger partial charge is 0.507 e. The van der Waals surface area contributed by atoms with Crippen molar-refractivity contribution in [2.45, 2.75) is 31.5 Å². The summed E-state index contributed by atoms with van der Waals surface area (Å²) in [7, 11) is 0. The van der Waals surface area contributed by atoms with E-state index in [0.717, 1.165) is 0 Å². The summed E-state index contributed by atoms with van der Waals surface area (Å²) in [5.74, 6) is -10.4. The van der Waals surface area contributed by atoms with Crippen molar-refractivity contribution < 1.29 is 39.3 Å². The number of rotatable bonds is 2. The lowest BCUT2D eigenvalue weighted by Crippen LogP contribution is -2.68. The molecule has 9 heteroatoms. The molecule has 29 heavy (non-hydrogen) atoms. The highest BCUT2D eigenvalue weighted by Gasteiger charge is 2.66. The second-order valence-corrected chi connectivity index (χ2v) is 7.99. The van der Waals surface area contributed by atoms with E-state index >= 15 is 0 Å². The molecule has 2 fully saturated rings. The molecule has 152 valence electrons. The van der Waals surface area contributed by atoms with Gasteiger partial charge in [0.1, 0.15) is 5.75 Å². The minimum Gasteiger partial charge on any atom is -0.507 e. The van der Waals surface area contributed by atoms with Gasteiger partial charge in [-0.3, -0.25) is 24.0 Å². The zero-order valence-corrected chi connectivity index (χ0v) is 15.3. The number of carbonyl (C=O) groups excluding carboxylic acids is 5. The lowest BCUT2D eigenvalue weighted by molar-refractivity contribution is -0.175. The van der Waals surface area contributed by atoms with Crippen molar-refractivity contribution in [3.8, 4) is 5.75 Å². The van der Waals surface area contributed by atoms with Crippen LogP contribution in [0.15, 0.2) is 12.1 Å². The standard InChI is InChI=1S/C20H19NO8/c21-19(28)15-12(24)5-9-3-8-4-10-7(6-22)1-2-11(23)14(10)16(25)13(8)17(26)20(9,29)18(15)27/h1-2,8-9,13,15,22-23,29H,3-6H2,(H2,21,28)/t8-,9+,13?,15?,20+/m1/s1. The number of amides is 1. The number of aromatic hydroxyl groups is 1. The summed E-state index contributed by atoms with van der Waals surface area (Å²) in [4.78, 5) is 62.9. The van der Waals surface area contributed by atoms with E-state index in [1.165, 1.54) is 12.1 Å². The number of hydrogen-bond acceptors (Lipinski definition) is 8. The number of ketones is 4. The summed E-state index contributed by atoms with van der Waals surface area (Å²) < 4.78 is 0. The lowest BCUT2D eigenvalue weighted by Gasteiger charge is -2.48. The van der Waals surface area contributed by atoms with Gasteiger partial charge in [-0.25, -0.2) is 0 Å². The topological polar surface area (TPSA) is 172 Å². The van der Waals surface area contributed by atoms with E-state index in [1.807, 2.05) is 0 Å². The van der Waals surface area contributed by atoms with Gasteiger partial charge in [0.2, 0.25) is 5.91 Å². The van der Waals surface area contributed by atoms with Crippen LogP contribution >= 0.6 is 0 Å². The Kier molecular flexibility index (Phi) is 4.21. The Bertz CT molecular complexity index is 998. The molecule has 0 bridgehead atoms. The van der Waals surface area contributed by atoms with Crippen molar-refractivity contribution >= 4 is 29.0 Å². The summed E-state index contributed by atoms with van der Waals surface area (Å²) in [6.45, 7) is -0.369. The van der Waals surface area contributed by atoms with Crippen molar-refractivity contribution in [1.29, 1.82) is 0 Å². The average Bonchev–Trinajstić information content (AvgIpc) is 2.64. The van der Waals surface area contributed by atoms with E-state index in [9.17, 15) is 39.3 Å². The third-order valence-corrected chi connectivity index (χ3v) is 6.55. The molecule has 3 aliphatic rings. The van der Waals surface area contributed by atoms with Crippen LogP contribution in [0.4, 0.5) is 0 Å². The number of fused-ring (bicyclic) bond motifs is 3. The van der Waals surface area contributed by atoms with E-state index < -0.39 is 58.3 Å². The van der Waals surface area contributed by atoms with Gasteiger partial charge in [0.15, 0.2) is 34.7 Å². The number of aliphatic hydroxyl groups excluding tert-OH is 1. The van der Waals surface area contributed by atoms with Gasteiger partial charge in [0.05, 0.1) is 18.1 Å². The molecule has 2 unspecified atom stereocenters. The van der Waals surface area contributed by atoms with Crippen molar-refractivity contribution in [1.82, 2.24) is 0 Å². The molecule has 4 rings (SSSR count). The maximum atomic E-state index is 13.2. The van der Waals surface area contributed by atoms with Gasteiger partial charge in [0.25, 0.3) is 0 Å². The molecule has 0 saturated heterocycles. The quantitative estimate of drug-likeness (QED) is 0.448. The number of primary amides is 1. The summed E-state index contributed by atoms with van der Waals surface area (Å²) in [6, 6.07) is 2.72. The molecular weight excluding hydrogens is 382 g/mol. The fourth-order valence-electron chi connectivity index (χ4n) is 5.18. The van der Waals surface area contributed by atoms with Gasteiger partial charge in [0, 0.05) is 12.3 Å². The predicted molar refractivity (Wildman–Crippen MR) is 94.4 cm³/mol. The Hall–Kier alpha value is -2.91. The van der Waals surface area contributed by atoms with Crippen LogP contribution in [0.5, 0.6) is 5.75 Å². The van der Waals surface area contributed by atoms with Crippen LogP contribution in [0.2, 0.25) is 0 Å². The molecule has 9 nitrogen and oxygen atoms in total. The van der Waals surface area contributed by atoms with E-state index in [4.69, 9.17) is 5.73 Å². The maximum Gasteiger partial charge on any atom is 0.235 e. The minimum absolute atomic E-state index is 0.0293. The van der Waals surface area contributed by atoms with Gasteiger partial charge in [-0.15, -0.1) is 0 Å². The fraction of sp³-hybridized carbons (Fsp3) is 0.450. The first-order chi connectivity index (χ1) is 13.6. The molecular formula is C20H19NO8. The molecule has 5 atom stereocenters. The number of hydrogen-bond donors (Lipinski definition) is 4. The second kappa shape index (κ2) is 6.30. The Morgan fingerprint density at radius 1 is 1.14 bits per heavy atom. The summed E-state index contributed by atoms with van der Waals surface area (Å²) in [6.07, 6.45) is -0.184. The monoisotopic (exact) mass is 401 g/mol. The number of phenolic OH excluding ortho intramolecular Hbond substituents is 1. The normalized spacial score (nSPS) is 33.7. The van der Waals surface area contributed by atoms with E-state index in [1.54, 1.807) is 0 Å². The van der Waals surface area contributed by atoms with E-state index in [0.29, 0.717) is 11.1 Å². The Labute approximate surface area is 164 Å². The van der Waals surface area contributed by atoms with Crippen molar-refractivity contribution in [3.05, 3.63) is 28.8 Å². The molecule has 0 spiro atoms. The maximum absolute atomic E-state index is 13.2. The summed E-state index contributed by atoms with van der Waals surface area (Å²) in [5.41, 5.74) is 3.21. The van der Waals surface area contributed by atoms with E-state index in [2.05, 4.69) is 0 Å². The van der Waals surface area contributed by atoms with Crippen LogP contribution in [0.25, 0.3) is 0 Å². The molecule has 5 N–H and O–H groups in total. The molecule has 1 aromatic carbocycles. The van der Waals surface area contributed by atoms with Gasteiger partial charge >= 0.3 is 0 Å². The molecule has 3 aliphatic carbocycles. The van der Waals surface area contributed by atoms with Crippen LogP contribution in [-0.2, 0) is 32.2 Å². The highest BCUT2D eigenvalue weighted by atomic mass is 16.3. The molecule has 0 radical (unpaired) electrons. The number of Topliss-reactive ketones (excluding diaryl/α,β-unsaturated/α-hetero) is 4. The number of nitrogens with two attached hydrogens (primary N) is 1. The van der Waals surface area contributed by atoms with Gasteiger partial charge in [-0.1, -0.05) is 6.07 Å². The summed E-state index contributed by atoms with van der Waals surface area (Å²) >= 11 is 0. The number of benzene rings is 1. The molecule has 2 saturated carbocycles. The number of carbonyl (C=O) groups is 5. The van der Waals surface area contributed by atoms with Crippen LogP contribution in [0.1, 0.15) is 34.3 Å². The molecule has 1 aromatic rings. The van der Waals surface area contributed by atoms with E-state index in [-0.39, 0.29) is 37.2 Å². The van der Waals surface area contributed by atoms with Crippen molar-refractivity contribution in [3.63, 3.8) is 0 Å². The smallest absolute Gasteiger partial charge is 0.235 e. The Morgan fingerprint density at radius 3 is 2.45 bits per heavy atom. The molecule has 0 heterocycles. The predicted octanol–water partition coefficient (Wildman–Crippen LogP) is -1.18. The van der Waals surface area contributed by atoms with Crippen molar-refractivity contribution in [2.75, 3.05) is 0 Å².